The zero-order valence-corrected chi connectivity index (χ0v) is 20.5. The number of hydrogen-bond acceptors (Lipinski definition) is 3. The van der Waals surface area contributed by atoms with E-state index in [1.165, 1.54) is 11.1 Å². The molecule has 0 N–H and O–H groups in total. The maximum Gasteiger partial charge on any atom is 0.218 e. The van der Waals surface area contributed by atoms with Crippen molar-refractivity contribution in [3.8, 4) is 0 Å². The first-order valence-corrected chi connectivity index (χ1v) is 14.0. The van der Waals surface area contributed by atoms with Crippen LogP contribution in [-0.4, -0.2) is 49.3 Å². The van der Waals surface area contributed by atoms with Gasteiger partial charge in [0.1, 0.15) is 0 Å². The Morgan fingerprint density at radius 2 is 1.26 bits per heavy atom. The minimum Gasteiger partial charge on any atom is -0.295 e. The SMILES string of the molecule is O=S(=O)(Cc1ccccc1)N1CCC[C@@]2(CCCN2CC(c2ccccc2)c2ccccc2)C1. The molecular weight excluding hydrogens is 440 g/mol. The Labute approximate surface area is 204 Å². The van der Waals surface area contributed by atoms with Gasteiger partial charge in [0.25, 0.3) is 0 Å². The van der Waals surface area contributed by atoms with E-state index >= 15 is 0 Å². The lowest BCUT2D eigenvalue weighted by Crippen LogP contribution is -2.57. The highest BCUT2D eigenvalue weighted by Gasteiger charge is 2.46. The zero-order valence-electron chi connectivity index (χ0n) is 19.7. The van der Waals surface area contributed by atoms with Crippen LogP contribution in [0.1, 0.15) is 48.3 Å². The van der Waals surface area contributed by atoms with E-state index < -0.39 is 10.0 Å². The van der Waals surface area contributed by atoms with E-state index in [1.807, 2.05) is 30.3 Å². The molecule has 0 saturated carbocycles. The van der Waals surface area contributed by atoms with Crippen LogP contribution in [0.5, 0.6) is 0 Å². The fourth-order valence-electron chi connectivity index (χ4n) is 5.92. The lowest BCUT2D eigenvalue weighted by molar-refractivity contribution is 0.0714. The van der Waals surface area contributed by atoms with Crippen LogP contribution in [0.3, 0.4) is 0 Å². The van der Waals surface area contributed by atoms with Gasteiger partial charge < -0.3 is 0 Å². The predicted molar refractivity (Wildman–Crippen MR) is 138 cm³/mol. The molecule has 1 atom stereocenters. The van der Waals surface area contributed by atoms with E-state index in [9.17, 15) is 8.42 Å². The molecular formula is C29H34N2O2S. The minimum absolute atomic E-state index is 0.0657. The summed E-state index contributed by atoms with van der Waals surface area (Å²) in [6, 6.07) is 31.0. The van der Waals surface area contributed by atoms with Crippen molar-refractivity contribution in [1.82, 2.24) is 9.21 Å². The topological polar surface area (TPSA) is 40.6 Å². The quantitative estimate of drug-likeness (QED) is 0.468. The van der Waals surface area contributed by atoms with Crippen LogP contribution in [0.2, 0.25) is 0 Å². The third-order valence-corrected chi connectivity index (χ3v) is 9.45. The molecule has 3 aromatic rings. The molecule has 0 aromatic heterocycles. The van der Waals surface area contributed by atoms with Gasteiger partial charge in [-0.1, -0.05) is 91.0 Å². The molecule has 2 fully saturated rings. The van der Waals surface area contributed by atoms with Crippen molar-refractivity contribution < 1.29 is 8.42 Å². The van der Waals surface area contributed by atoms with Crippen molar-refractivity contribution in [2.24, 2.45) is 0 Å². The first-order valence-electron chi connectivity index (χ1n) is 12.4. The summed E-state index contributed by atoms with van der Waals surface area (Å²) < 4.78 is 28.5. The van der Waals surface area contributed by atoms with Crippen molar-refractivity contribution in [2.45, 2.75) is 42.9 Å². The molecule has 2 saturated heterocycles. The summed E-state index contributed by atoms with van der Waals surface area (Å²) >= 11 is 0. The smallest absolute Gasteiger partial charge is 0.218 e. The second-order valence-corrected chi connectivity index (χ2v) is 11.8. The monoisotopic (exact) mass is 474 g/mol. The summed E-state index contributed by atoms with van der Waals surface area (Å²) in [4.78, 5) is 2.61. The molecule has 3 aromatic carbocycles. The largest absolute Gasteiger partial charge is 0.295 e. The number of hydrogen-bond donors (Lipinski definition) is 0. The first kappa shape index (κ1) is 23.3. The Balaban J connectivity index is 1.38. The van der Waals surface area contributed by atoms with Gasteiger partial charge in [0.05, 0.1) is 5.75 Å². The van der Waals surface area contributed by atoms with Crippen LogP contribution in [0.25, 0.3) is 0 Å². The molecule has 0 bridgehead atoms. The average molecular weight is 475 g/mol. The normalized spacial score (nSPS) is 21.9. The molecule has 0 amide bonds. The van der Waals surface area contributed by atoms with Crippen molar-refractivity contribution in [2.75, 3.05) is 26.2 Å². The minimum atomic E-state index is -3.35. The Kier molecular flexibility index (Phi) is 6.87. The van der Waals surface area contributed by atoms with E-state index in [1.54, 1.807) is 4.31 Å². The van der Waals surface area contributed by atoms with E-state index in [0.717, 1.165) is 44.3 Å². The van der Waals surface area contributed by atoms with Gasteiger partial charge in [-0.15, -0.1) is 0 Å². The fraction of sp³-hybridized carbons (Fsp3) is 0.379. The van der Waals surface area contributed by atoms with Crippen LogP contribution in [0, 0.1) is 0 Å². The van der Waals surface area contributed by atoms with Crippen LogP contribution in [0.15, 0.2) is 91.0 Å². The van der Waals surface area contributed by atoms with Gasteiger partial charge in [-0.3, -0.25) is 4.90 Å². The number of likely N-dealkylation sites (tertiary alicyclic amines) is 1. The number of benzene rings is 3. The van der Waals surface area contributed by atoms with E-state index in [2.05, 4.69) is 65.6 Å². The Hall–Kier alpha value is -2.47. The molecule has 2 aliphatic rings. The third-order valence-electron chi connectivity index (χ3n) is 7.65. The van der Waals surface area contributed by atoms with Crippen molar-refractivity contribution >= 4 is 10.0 Å². The lowest BCUT2D eigenvalue weighted by atomic mass is 9.85. The van der Waals surface area contributed by atoms with Gasteiger partial charge in [0.2, 0.25) is 10.0 Å². The molecule has 0 radical (unpaired) electrons. The van der Waals surface area contributed by atoms with Crippen molar-refractivity contribution in [3.63, 3.8) is 0 Å². The van der Waals surface area contributed by atoms with Crippen LogP contribution in [-0.2, 0) is 15.8 Å². The summed E-state index contributed by atoms with van der Waals surface area (Å²) in [5.41, 5.74) is 3.43. The third kappa shape index (κ3) is 4.97. The number of sulfonamides is 1. The Morgan fingerprint density at radius 1 is 0.735 bits per heavy atom. The number of nitrogens with zero attached hydrogens (tertiary/aromatic N) is 2. The second kappa shape index (κ2) is 10.0. The van der Waals surface area contributed by atoms with Gasteiger partial charge in [-0.05, 0) is 48.9 Å². The molecule has 2 heterocycles. The lowest BCUT2D eigenvalue weighted by Gasteiger charge is -2.46. The molecule has 4 nitrogen and oxygen atoms in total. The summed E-state index contributed by atoms with van der Waals surface area (Å²) in [5, 5.41) is 0. The van der Waals surface area contributed by atoms with E-state index in [0.29, 0.717) is 13.1 Å². The predicted octanol–water partition coefficient (Wildman–Crippen LogP) is 5.28. The van der Waals surface area contributed by atoms with Gasteiger partial charge in [-0.25, -0.2) is 8.42 Å². The number of piperidine rings is 1. The maximum atomic E-state index is 13.4. The molecule has 5 rings (SSSR count). The molecule has 2 aliphatic heterocycles. The van der Waals surface area contributed by atoms with Gasteiger partial charge in [0, 0.05) is 31.1 Å². The zero-order chi connectivity index (χ0) is 23.4. The molecule has 178 valence electrons. The van der Waals surface area contributed by atoms with Crippen LogP contribution in [0.4, 0.5) is 0 Å². The fourth-order valence-corrected chi connectivity index (χ4v) is 7.56. The summed E-state index contributed by atoms with van der Waals surface area (Å²) in [7, 11) is -3.35. The summed E-state index contributed by atoms with van der Waals surface area (Å²) in [6.45, 7) is 3.19. The van der Waals surface area contributed by atoms with E-state index in [-0.39, 0.29) is 17.2 Å². The maximum absolute atomic E-state index is 13.4. The van der Waals surface area contributed by atoms with Gasteiger partial charge in [0.15, 0.2) is 0 Å². The van der Waals surface area contributed by atoms with Crippen molar-refractivity contribution in [3.05, 3.63) is 108 Å². The standard InChI is InChI=1S/C29H34N2O2S/c32-34(33,23-25-12-4-1-5-13-25)31-21-11-19-29(24-31)18-10-20-30(29)22-28(26-14-6-2-7-15-26)27-16-8-3-9-17-27/h1-9,12-17,28H,10-11,18-24H2/t29-/m0/s1. The summed E-state index contributed by atoms with van der Waals surface area (Å²) in [5.74, 6) is 0.356. The highest BCUT2D eigenvalue weighted by atomic mass is 32.2. The molecule has 1 spiro atoms. The Bertz CT molecular complexity index is 1130. The van der Waals surface area contributed by atoms with Crippen LogP contribution < -0.4 is 0 Å². The Morgan fingerprint density at radius 3 is 1.85 bits per heavy atom. The van der Waals surface area contributed by atoms with E-state index in [4.69, 9.17) is 0 Å². The highest BCUT2D eigenvalue weighted by Crippen LogP contribution is 2.40. The second-order valence-electron chi connectivity index (χ2n) is 9.83. The van der Waals surface area contributed by atoms with Gasteiger partial charge in [-0.2, -0.15) is 4.31 Å². The molecule has 34 heavy (non-hydrogen) atoms. The first-order chi connectivity index (χ1) is 16.6. The highest BCUT2D eigenvalue weighted by molar-refractivity contribution is 7.88. The molecule has 0 unspecified atom stereocenters. The number of rotatable bonds is 7. The summed E-state index contributed by atoms with van der Waals surface area (Å²) in [6.07, 6.45) is 4.19. The molecule has 0 aliphatic carbocycles. The average Bonchev–Trinajstić information content (AvgIpc) is 3.24. The van der Waals surface area contributed by atoms with Gasteiger partial charge >= 0.3 is 0 Å². The van der Waals surface area contributed by atoms with Crippen LogP contribution >= 0.6 is 0 Å². The van der Waals surface area contributed by atoms with Crippen molar-refractivity contribution in [1.29, 1.82) is 0 Å². The molecule has 5 heteroatoms.